The summed E-state index contributed by atoms with van der Waals surface area (Å²) in [6.07, 6.45) is 1.67. The van der Waals surface area contributed by atoms with Crippen molar-refractivity contribution < 1.29 is 0 Å². The molecule has 3 heteroatoms. The molecule has 5 rings (SSSR count). The molecule has 0 aliphatic carbocycles. The summed E-state index contributed by atoms with van der Waals surface area (Å²) in [5.74, 6) is 0. The fourth-order valence-electron chi connectivity index (χ4n) is 3.24. The smallest absolute Gasteiger partial charge is 0.116 e. The van der Waals surface area contributed by atoms with E-state index in [4.69, 9.17) is 0 Å². The van der Waals surface area contributed by atoms with E-state index in [0.717, 1.165) is 21.5 Å². The Bertz CT molecular complexity index is 1080. The van der Waals surface area contributed by atoms with Gasteiger partial charge >= 0.3 is 0 Å². The van der Waals surface area contributed by atoms with Gasteiger partial charge in [-0.15, -0.1) is 11.3 Å². The molecule has 0 N–H and O–H groups in total. The van der Waals surface area contributed by atoms with Crippen LogP contribution in [-0.4, -0.2) is 9.97 Å². The quantitative estimate of drug-likeness (QED) is 0.384. The van der Waals surface area contributed by atoms with Crippen molar-refractivity contribution in [2.75, 3.05) is 0 Å². The zero-order valence-corrected chi connectivity index (χ0v) is 14.2. The third-order valence-electron chi connectivity index (χ3n) is 4.41. The number of thiophene rings is 1. The molecule has 0 fully saturated rings. The number of fused-ring (bicyclic) bond motifs is 3. The number of hydrogen-bond acceptors (Lipinski definition) is 3. The predicted molar refractivity (Wildman–Crippen MR) is 106 cm³/mol. The van der Waals surface area contributed by atoms with Crippen molar-refractivity contribution in [1.82, 2.24) is 9.97 Å². The molecule has 5 aromatic rings. The Kier molecular flexibility index (Phi) is 3.32. The maximum atomic E-state index is 4.59. The van der Waals surface area contributed by atoms with E-state index in [1.807, 2.05) is 24.3 Å². The Balaban J connectivity index is 1.85. The summed E-state index contributed by atoms with van der Waals surface area (Å²) in [7, 11) is 0. The molecular formula is C22H14N2S. The fraction of sp³-hybridized carbons (Fsp3) is 0. The Morgan fingerprint density at radius 1 is 0.600 bits per heavy atom. The van der Waals surface area contributed by atoms with Crippen LogP contribution in [0.25, 0.3) is 42.7 Å². The molecule has 25 heavy (non-hydrogen) atoms. The largest absolute Gasteiger partial charge is 0.235 e. The monoisotopic (exact) mass is 338 g/mol. The number of hydrogen-bond donors (Lipinski definition) is 0. The van der Waals surface area contributed by atoms with Crippen LogP contribution < -0.4 is 0 Å². The number of rotatable bonds is 2. The molecule has 2 nitrogen and oxygen atoms in total. The lowest BCUT2D eigenvalue weighted by Gasteiger charge is -2.02. The summed E-state index contributed by atoms with van der Waals surface area (Å²) >= 11 is 1.78. The minimum atomic E-state index is 1.01. The lowest BCUT2D eigenvalue weighted by atomic mass is 10.0. The van der Waals surface area contributed by atoms with Crippen LogP contribution in [0.5, 0.6) is 0 Å². The summed E-state index contributed by atoms with van der Waals surface area (Å²) in [6.45, 7) is 0. The summed E-state index contributed by atoms with van der Waals surface area (Å²) in [6, 6.07) is 27.3. The normalized spacial score (nSPS) is 11.2. The number of aromatic nitrogens is 2. The molecular weight excluding hydrogens is 324 g/mol. The summed E-state index contributed by atoms with van der Waals surface area (Å²) < 4.78 is 2.41. The predicted octanol–water partition coefficient (Wildman–Crippen LogP) is 6.18. The Morgan fingerprint density at radius 3 is 2.08 bits per heavy atom. The van der Waals surface area contributed by atoms with Gasteiger partial charge in [0.2, 0.25) is 0 Å². The molecule has 0 saturated carbocycles. The average Bonchev–Trinajstić information content (AvgIpc) is 3.08. The first kappa shape index (κ1) is 14.3. The molecule has 0 amide bonds. The van der Waals surface area contributed by atoms with Crippen molar-refractivity contribution in [3.05, 3.63) is 85.2 Å². The third-order valence-corrected chi connectivity index (χ3v) is 5.64. The molecule has 0 saturated heterocycles. The second kappa shape index (κ2) is 5.80. The maximum Gasteiger partial charge on any atom is 0.116 e. The van der Waals surface area contributed by atoms with Gasteiger partial charge in [0.05, 0.1) is 15.9 Å². The van der Waals surface area contributed by atoms with E-state index in [0.29, 0.717) is 0 Å². The zero-order chi connectivity index (χ0) is 16.6. The van der Waals surface area contributed by atoms with Gasteiger partial charge in [-0.25, -0.2) is 9.97 Å². The van der Waals surface area contributed by atoms with Crippen LogP contribution in [0.1, 0.15) is 0 Å². The van der Waals surface area contributed by atoms with E-state index >= 15 is 0 Å². The Morgan fingerprint density at radius 2 is 1.32 bits per heavy atom. The lowest BCUT2D eigenvalue weighted by molar-refractivity contribution is 1.24. The molecule has 0 bridgehead atoms. The SMILES string of the molecule is c1ccc(-c2cccc3c2sc2c(-c4ccccc4)ncnc23)cc1. The van der Waals surface area contributed by atoms with Crippen LogP contribution in [0.2, 0.25) is 0 Å². The van der Waals surface area contributed by atoms with Crippen LogP contribution >= 0.6 is 11.3 Å². The van der Waals surface area contributed by atoms with E-state index < -0.39 is 0 Å². The highest BCUT2D eigenvalue weighted by Gasteiger charge is 2.15. The van der Waals surface area contributed by atoms with Crippen molar-refractivity contribution in [2.45, 2.75) is 0 Å². The van der Waals surface area contributed by atoms with Gasteiger partial charge < -0.3 is 0 Å². The fourth-order valence-corrected chi connectivity index (χ4v) is 4.55. The second-order valence-electron chi connectivity index (χ2n) is 5.92. The summed E-state index contributed by atoms with van der Waals surface area (Å²) in [4.78, 5) is 9.16. The van der Waals surface area contributed by atoms with Crippen molar-refractivity contribution in [1.29, 1.82) is 0 Å². The highest BCUT2D eigenvalue weighted by atomic mass is 32.1. The second-order valence-corrected chi connectivity index (χ2v) is 6.94. The van der Waals surface area contributed by atoms with Crippen LogP contribution in [0.3, 0.4) is 0 Å². The maximum absolute atomic E-state index is 4.59. The first-order valence-corrected chi connectivity index (χ1v) is 9.00. The van der Waals surface area contributed by atoms with Gasteiger partial charge in [0, 0.05) is 15.6 Å². The highest BCUT2D eigenvalue weighted by Crippen LogP contribution is 2.41. The topological polar surface area (TPSA) is 25.8 Å². The zero-order valence-electron chi connectivity index (χ0n) is 13.4. The molecule has 2 heterocycles. The van der Waals surface area contributed by atoms with Gasteiger partial charge in [-0.2, -0.15) is 0 Å². The van der Waals surface area contributed by atoms with Gasteiger partial charge in [-0.05, 0) is 11.1 Å². The minimum absolute atomic E-state index is 1.01. The molecule has 0 atom stereocenters. The van der Waals surface area contributed by atoms with Crippen LogP contribution in [0, 0.1) is 0 Å². The molecule has 3 aromatic carbocycles. The Labute approximate surface area is 149 Å². The van der Waals surface area contributed by atoms with E-state index in [1.54, 1.807) is 17.7 Å². The number of nitrogens with zero attached hydrogens (tertiary/aromatic N) is 2. The van der Waals surface area contributed by atoms with E-state index in [-0.39, 0.29) is 0 Å². The molecule has 0 aliphatic heterocycles. The number of benzene rings is 3. The molecule has 0 aliphatic rings. The first-order chi connectivity index (χ1) is 12.4. The van der Waals surface area contributed by atoms with Gasteiger partial charge in [0.1, 0.15) is 6.33 Å². The van der Waals surface area contributed by atoms with Crippen LogP contribution in [0.15, 0.2) is 85.2 Å². The van der Waals surface area contributed by atoms with Crippen molar-refractivity contribution >= 4 is 31.6 Å². The van der Waals surface area contributed by atoms with Gasteiger partial charge in [-0.1, -0.05) is 78.9 Å². The standard InChI is InChI=1S/C22H14N2S/c1-3-8-15(9-4-1)17-12-7-13-18-20-22(25-21(17)18)19(23-14-24-20)16-10-5-2-6-11-16/h1-14H. The molecule has 0 spiro atoms. The van der Waals surface area contributed by atoms with Gasteiger partial charge in [0.15, 0.2) is 0 Å². The van der Waals surface area contributed by atoms with Crippen molar-refractivity contribution in [3.8, 4) is 22.4 Å². The van der Waals surface area contributed by atoms with E-state index in [1.165, 1.54) is 21.2 Å². The minimum Gasteiger partial charge on any atom is -0.235 e. The molecule has 0 unspecified atom stereocenters. The van der Waals surface area contributed by atoms with Gasteiger partial charge in [0.25, 0.3) is 0 Å². The highest BCUT2D eigenvalue weighted by molar-refractivity contribution is 7.26. The summed E-state index contributed by atoms with van der Waals surface area (Å²) in [5, 5.41) is 1.20. The Hall–Kier alpha value is -3.04. The van der Waals surface area contributed by atoms with E-state index in [2.05, 4.69) is 64.6 Å². The lowest BCUT2D eigenvalue weighted by Crippen LogP contribution is -1.85. The molecule has 2 aromatic heterocycles. The van der Waals surface area contributed by atoms with Crippen molar-refractivity contribution in [3.63, 3.8) is 0 Å². The first-order valence-electron chi connectivity index (χ1n) is 8.19. The molecule has 118 valence electrons. The van der Waals surface area contributed by atoms with Crippen LogP contribution in [-0.2, 0) is 0 Å². The van der Waals surface area contributed by atoms with Crippen molar-refractivity contribution in [2.24, 2.45) is 0 Å². The molecule has 0 radical (unpaired) electrons. The van der Waals surface area contributed by atoms with Gasteiger partial charge in [-0.3, -0.25) is 0 Å². The van der Waals surface area contributed by atoms with Crippen LogP contribution in [0.4, 0.5) is 0 Å². The summed E-state index contributed by atoms with van der Waals surface area (Å²) in [5.41, 5.74) is 5.65. The average molecular weight is 338 g/mol. The third kappa shape index (κ3) is 2.32. The van der Waals surface area contributed by atoms with E-state index in [9.17, 15) is 0 Å².